The number of aromatic nitrogens is 2. The molecule has 0 aromatic carbocycles. The van der Waals surface area contributed by atoms with Crippen molar-refractivity contribution >= 4 is 23.6 Å². The number of nitrogens with one attached hydrogen (secondary N) is 2. The van der Waals surface area contributed by atoms with Crippen molar-refractivity contribution in [2.24, 2.45) is 0 Å². The third-order valence-electron chi connectivity index (χ3n) is 2.58. The average molecular weight is 266 g/mol. The van der Waals surface area contributed by atoms with Crippen molar-refractivity contribution in [1.82, 2.24) is 9.97 Å². The summed E-state index contributed by atoms with van der Waals surface area (Å²) in [7, 11) is 0. The van der Waals surface area contributed by atoms with E-state index in [-0.39, 0.29) is 11.4 Å². The number of pyridine rings is 2. The quantitative estimate of drug-likeness (QED) is 0.559. The Balaban J connectivity index is 2.33. The Morgan fingerprint density at radius 2 is 2.20 bits per heavy atom. The van der Waals surface area contributed by atoms with E-state index >= 15 is 0 Å². The first kappa shape index (κ1) is 13.2. The first-order valence-corrected chi connectivity index (χ1v) is 5.57. The highest BCUT2D eigenvalue weighted by molar-refractivity contribution is 6.13. The maximum Gasteiger partial charge on any atom is 0.212 e. The van der Waals surface area contributed by atoms with Crippen molar-refractivity contribution in [1.29, 1.82) is 10.7 Å². The van der Waals surface area contributed by atoms with Crippen LogP contribution in [0.25, 0.3) is 0 Å². The largest absolute Gasteiger partial charge is 0.398 e. The van der Waals surface area contributed by atoms with Crippen LogP contribution in [0.2, 0.25) is 0 Å². The van der Waals surface area contributed by atoms with Crippen LogP contribution in [0.15, 0.2) is 30.6 Å². The van der Waals surface area contributed by atoms with Crippen LogP contribution in [0.4, 0.5) is 11.5 Å². The summed E-state index contributed by atoms with van der Waals surface area (Å²) >= 11 is 0. The van der Waals surface area contributed by atoms with Gasteiger partial charge in [0.15, 0.2) is 0 Å². The molecule has 0 atom stereocenters. The molecule has 0 unspecified atom stereocenters. The molecule has 0 spiro atoms. The van der Waals surface area contributed by atoms with Gasteiger partial charge in [-0.2, -0.15) is 5.26 Å². The van der Waals surface area contributed by atoms with Crippen molar-refractivity contribution in [3.8, 4) is 6.07 Å². The molecule has 0 aliphatic carbocycles. The fourth-order valence-corrected chi connectivity index (χ4v) is 1.58. The van der Waals surface area contributed by atoms with Gasteiger partial charge in [-0.15, -0.1) is 0 Å². The van der Waals surface area contributed by atoms with Gasteiger partial charge in [0.25, 0.3) is 0 Å². The zero-order valence-electron chi connectivity index (χ0n) is 10.3. The van der Waals surface area contributed by atoms with Crippen molar-refractivity contribution < 1.29 is 4.79 Å². The van der Waals surface area contributed by atoms with Gasteiger partial charge in [-0.1, -0.05) is 0 Å². The van der Waals surface area contributed by atoms with E-state index in [1.807, 2.05) is 6.07 Å². The van der Waals surface area contributed by atoms with E-state index in [1.54, 1.807) is 6.07 Å². The summed E-state index contributed by atoms with van der Waals surface area (Å²) in [6, 6.07) is 6.51. The molecule has 0 saturated carbocycles. The minimum absolute atomic E-state index is 0.143. The first-order chi connectivity index (χ1) is 9.65. The van der Waals surface area contributed by atoms with Crippen LogP contribution in [0.3, 0.4) is 0 Å². The Kier molecular flexibility index (Phi) is 3.67. The normalized spacial score (nSPS) is 9.55. The van der Waals surface area contributed by atoms with E-state index < -0.39 is 0 Å². The van der Waals surface area contributed by atoms with Crippen molar-refractivity contribution in [2.75, 3.05) is 11.1 Å². The number of amides is 1. The van der Waals surface area contributed by atoms with Gasteiger partial charge in [0.05, 0.1) is 5.71 Å². The lowest BCUT2D eigenvalue weighted by atomic mass is 10.0. The fraction of sp³-hybridized carbons (Fsp3) is 0. The number of anilines is 2. The highest BCUT2D eigenvalue weighted by atomic mass is 16.1. The molecule has 98 valence electrons. The van der Waals surface area contributed by atoms with E-state index in [0.717, 1.165) is 0 Å². The van der Waals surface area contributed by atoms with Gasteiger partial charge >= 0.3 is 0 Å². The van der Waals surface area contributed by atoms with Gasteiger partial charge in [0.1, 0.15) is 17.6 Å². The predicted molar refractivity (Wildman–Crippen MR) is 73.2 cm³/mol. The number of nitrogens with two attached hydrogens (primary N) is 1. The lowest BCUT2D eigenvalue weighted by Gasteiger charge is -2.08. The topological polar surface area (TPSA) is 129 Å². The number of hydrogen-bond donors (Lipinski definition) is 3. The maximum atomic E-state index is 10.3. The van der Waals surface area contributed by atoms with E-state index in [2.05, 4.69) is 15.3 Å². The lowest BCUT2D eigenvalue weighted by molar-refractivity contribution is -0.105. The number of carbonyl (C=O) groups is 1. The first-order valence-electron chi connectivity index (χ1n) is 5.57. The van der Waals surface area contributed by atoms with Crippen LogP contribution in [0, 0.1) is 16.7 Å². The third kappa shape index (κ3) is 2.59. The van der Waals surface area contributed by atoms with Crippen LogP contribution in [0.1, 0.15) is 16.8 Å². The Bertz CT molecular complexity index is 702. The molecular weight excluding hydrogens is 256 g/mol. The monoisotopic (exact) mass is 266 g/mol. The van der Waals surface area contributed by atoms with Gasteiger partial charge in [0, 0.05) is 35.3 Å². The van der Waals surface area contributed by atoms with Crippen LogP contribution >= 0.6 is 0 Å². The van der Waals surface area contributed by atoms with Gasteiger partial charge in [-0.3, -0.25) is 10.2 Å². The summed E-state index contributed by atoms with van der Waals surface area (Å²) in [5.74, 6) is 0.312. The Hall–Kier alpha value is -3.27. The minimum Gasteiger partial charge on any atom is -0.398 e. The molecule has 1 amide bonds. The number of nitrogen functional groups attached to an aromatic ring is 1. The molecular formula is C13H10N6O. The smallest absolute Gasteiger partial charge is 0.212 e. The van der Waals surface area contributed by atoms with Gasteiger partial charge in [0.2, 0.25) is 6.41 Å². The molecule has 0 fully saturated rings. The van der Waals surface area contributed by atoms with E-state index in [9.17, 15) is 4.79 Å². The second kappa shape index (κ2) is 5.58. The Labute approximate surface area is 114 Å². The molecule has 0 aliphatic rings. The molecule has 2 aromatic heterocycles. The standard InChI is InChI=1S/C13H10N6O/c14-4-9-2-1-8(5-17-9)13(16)10-6-18-12(19-7-20)3-11(10)15/h1-3,5-7,16H,(H3,15,18,19,20). The van der Waals surface area contributed by atoms with Crippen molar-refractivity contribution in [3.63, 3.8) is 0 Å². The summed E-state index contributed by atoms with van der Waals surface area (Å²) < 4.78 is 0. The van der Waals surface area contributed by atoms with Gasteiger partial charge in [-0.25, -0.2) is 9.97 Å². The average Bonchev–Trinajstić information content (AvgIpc) is 2.47. The summed E-state index contributed by atoms with van der Waals surface area (Å²) in [5.41, 5.74) is 7.52. The number of carbonyl (C=O) groups excluding carboxylic acids is 1. The van der Waals surface area contributed by atoms with Crippen LogP contribution in [-0.4, -0.2) is 22.1 Å². The van der Waals surface area contributed by atoms with Crippen molar-refractivity contribution in [2.45, 2.75) is 0 Å². The molecule has 7 nitrogen and oxygen atoms in total. The number of nitrogens with zero attached hydrogens (tertiary/aromatic N) is 3. The highest BCUT2D eigenvalue weighted by Crippen LogP contribution is 2.18. The SMILES string of the molecule is N#Cc1ccc(C(=N)c2cnc(NC=O)cc2N)cn1. The Morgan fingerprint density at radius 1 is 1.40 bits per heavy atom. The molecule has 4 N–H and O–H groups in total. The van der Waals surface area contributed by atoms with E-state index in [1.165, 1.54) is 24.5 Å². The molecule has 0 saturated heterocycles. The highest BCUT2D eigenvalue weighted by Gasteiger charge is 2.10. The second-order valence-corrected chi connectivity index (χ2v) is 3.84. The summed E-state index contributed by atoms with van der Waals surface area (Å²) in [5, 5.41) is 19.1. The third-order valence-corrected chi connectivity index (χ3v) is 2.58. The Morgan fingerprint density at radius 3 is 2.75 bits per heavy atom. The lowest BCUT2D eigenvalue weighted by Crippen LogP contribution is -2.08. The second-order valence-electron chi connectivity index (χ2n) is 3.84. The van der Waals surface area contributed by atoms with Crippen LogP contribution in [-0.2, 0) is 4.79 Å². The zero-order chi connectivity index (χ0) is 14.5. The molecule has 2 rings (SSSR count). The molecule has 20 heavy (non-hydrogen) atoms. The molecule has 0 radical (unpaired) electrons. The zero-order valence-corrected chi connectivity index (χ0v) is 10.3. The fourth-order valence-electron chi connectivity index (χ4n) is 1.58. The van der Waals surface area contributed by atoms with E-state index in [0.29, 0.717) is 29.0 Å². The number of hydrogen-bond acceptors (Lipinski definition) is 6. The maximum absolute atomic E-state index is 10.3. The molecule has 0 bridgehead atoms. The summed E-state index contributed by atoms with van der Waals surface area (Å²) in [6.45, 7) is 0. The summed E-state index contributed by atoms with van der Waals surface area (Å²) in [4.78, 5) is 18.2. The molecule has 7 heteroatoms. The molecule has 0 aliphatic heterocycles. The summed E-state index contributed by atoms with van der Waals surface area (Å²) in [6.07, 6.45) is 3.33. The van der Waals surface area contributed by atoms with Gasteiger partial charge in [-0.05, 0) is 12.1 Å². The number of nitriles is 1. The van der Waals surface area contributed by atoms with Gasteiger partial charge < -0.3 is 11.1 Å². The number of rotatable bonds is 4. The molecule has 2 aromatic rings. The molecule has 2 heterocycles. The van der Waals surface area contributed by atoms with Crippen LogP contribution < -0.4 is 11.1 Å². The van der Waals surface area contributed by atoms with Crippen LogP contribution in [0.5, 0.6) is 0 Å². The predicted octanol–water partition coefficient (Wildman–Crippen LogP) is 0.915. The van der Waals surface area contributed by atoms with E-state index in [4.69, 9.17) is 16.4 Å². The minimum atomic E-state index is 0.143. The van der Waals surface area contributed by atoms with Crippen molar-refractivity contribution in [3.05, 3.63) is 47.4 Å².